The Bertz CT molecular complexity index is 325. The summed E-state index contributed by atoms with van der Waals surface area (Å²) in [5, 5.41) is 11.2. The molecule has 1 aromatic rings. The molecule has 6 nitrogen and oxygen atoms in total. The summed E-state index contributed by atoms with van der Waals surface area (Å²) in [6.07, 6.45) is 3.39. The van der Waals surface area contributed by atoms with Gasteiger partial charge in [-0.15, -0.1) is 10.2 Å². The van der Waals surface area contributed by atoms with E-state index < -0.39 is 0 Å². The van der Waals surface area contributed by atoms with Crippen LogP contribution in [0.15, 0.2) is 0 Å². The number of piperidine rings is 1. The van der Waals surface area contributed by atoms with Gasteiger partial charge in [0, 0.05) is 0 Å². The summed E-state index contributed by atoms with van der Waals surface area (Å²) in [6, 6.07) is 0. The summed E-state index contributed by atoms with van der Waals surface area (Å²) in [5.74, 6) is 6.72. The molecule has 0 aromatic carbocycles. The molecule has 2 heterocycles. The lowest BCUT2D eigenvalue weighted by molar-refractivity contribution is 0.264. The highest BCUT2D eigenvalue weighted by Gasteiger charge is 2.33. The zero-order valence-electron chi connectivity index (χ0n) is 8.32. The number of hydrogen-bond acceptors (Lipinski definition) is 5. The Kier molecular flexibility index (Phi) is 2.07. The van der Waals surface area contributed by atoms with Crippen LogP contribution in [0, 0.1) is 0 Å². The molecule has 0 saturated carbocycles. The number of rotatable bonds is 1. The fourth-order valence-electron chi connectivity index (χ4n) is 1.93. The standard InChI is InChI=1S/C8H16N6/c1-8(4-2-3-5-11-8)6-12-13-7(9)14(6)10/h11H,2-5,10H2,1H3,(H2,9,13). The second kappa shape index (κ2) is 3.13. The summed E-state index contributed by atoms with van der Waals surface area (Å²) < 4.78 is 1.36. The largest absolute Gasteiger partial charge is 0.366 e. The number of nitrogen functional groups attached to an aromatic ring is 2. The normalized spacial score (nSPS) is 27.8. The molecule has 0 radical (unpaired) electrons. The summed E-state index contributed by atoms with van der Waals surface area (Å²) in [7, 11) is 0. The highest BCUT2D eigenvalue weighted by molar-refractivity contribution is 5.21. The van der Waals surface area contributed by atoms with Crippen LogP contribution in [0.3, 0.4) is 0 Å². The van der Waals surface area contributed by atoms with Crippen molar-refractivity contribution < 1.29 is 0 Å². The first-order valence-corrected chi connectivity index (χ1v) is 4.85. The lowest BCUT2D eigenvalue weighted by Crippen LogP contribution is -2.46. The van der Waals surface area contributed by atoms with Gasteiger partial charge in [0.15, 0.2) is 5.82 Å². The van der Waals surface area contributed by atoms with E-state index in [1.54, 1.807) is 0 Å². The SMILES string of the molecule is CC1(c2nnc(N)n2N)CCCCN1. The van der Waals surface area contributed by atoms with Crippen LogP contribution in [-0.2, 0) is 5.54 Å². The Morgan fingerprint density at radius 3 is 2.71 bits per heavy atom. The second-order valence-corrected chi connectivity index (χ2v) is 3.97. The average Bonchev–Trinajstić information content (AvgIpc) is 2.49. The average molecular weight is 196 g/mol. The maximum atomic E-state index is 5.75. The van der Waals surface area contributed by atoms with Crippen molar-refractivity contribution in [3.8, 4) is 0 Å². The van der Waals surface area contributed by atoms with Crippen molar-refractivity contribution in [2.75, 3.05) is 18.1 Å². The van der Waals surface area contributed by atoms with E-state index in [-0.39, 0.29) is 11.5 Å². The van der Waals surface area contributed by atoms with E-state index in [9.17, 15) is 0 Å². The topological polar surface area (TPSA) is 94.8 Å². The van der Waals surface area contributed by atoms with Gasteiger partial charge in [0.2, 0.25) is 5.95 Å². The third-order valence-electron chi connectivity index (χ3n) is 2.83. The van der Waals surface area contributed by atoms with E-state index in [4.69, 9.17) is 11.6 Å². The molecule has 1 atom stereocenters. The van der Waals surface area contributed by atoms with Gasteiger partial charge in [0.1, 0.15) is 0 Å². The first-order chi connectivity index (χ1) is 6.63. The Balaban J connectivity index is 2.32. The molecule has 14 heavy (non-hydrogen) atoms. The quantitative estimate of drug-likeness (QED) is 0.529. The van der Waals surface area contributed by atoms with Crippen molar-refractivity contribution in [3.05, 3.63) is 5.82 Å². The van der Waals surface area contributed by atoms with Gasteiger partial charge in [-0.05, 0) is 32.7 Å². The molecule has 5 N–H and O–H groups in total. The molecule has 0 amide bonds. The van der Waals surface area contributed by atoms with E-state index >= 15 is 0 Å². The van der Waals surface area contributed by atoms with Gasteiger partial charge < -0.3 is 16.9 Å². The lowest BCUT2D eigenvalue weighted by atomic mass is 9.90. The van der Waals surface area contributed by atoms with Gasteiger partial charge in [-0.1, -0.05) is 0 Å². The molecular formula is C8H16N6. The van der Waals surface area contributed by atoms with Gasteiger partial charge in [0.25, 0.3) is 0 Å². The van der Waals surface area contributed by atoms with Crippen molar-refractivity contribution >= 4 is 5.95 Å². The fraction of sp³-hybridized carbons (Fsp3) is 0.750. The number of aromatic nitrogens is 3. The number of nitrogens with two attached hydrogens (primary N) is 2. The van der Waals surface area contributed by atoms with E-state index in [0.29, 0.717) is 0 Å². The van der Waals surface area contributed by atoms with Crippen LogP contribution in [0.2, 0.25) is 0 Å². The molecule has 0 aliphatic carbocycles. The second-order valence-electron chi connectivity index (χ2n) is 3.97. The molecule has 78 valence electrons. The fourth-order valence-corrected chi connectivity index (χ4v) is 1.93. The maximum Gasteiger partial charge on any atom is 0.240 e. The van der Waals surface area contributed by atoms with Crippen LogP contribution in [0.4, 0.5) is 5.95 Å². The molecule has 1 fully saturated rings. The summed E-state index contributed by atoms with van der Waals surface area (Å²) in [6.45, 7) is 3.07. The Labute approximate surface area is 82.6 Å². The summed E-state index contributed by atoms with van der Waals surface area (Å²) >= 11 is 0. The molecule has 1 unspecified atom stereocenters. The molecular weight excluding hydrogens is 180 g/mol. The van der Waals surface area contributed by atoms with E-state index in [2.05, 4.69) is 22.4 Å². The molecule has 1 saturated heterocycles. The molecule has 1 aromatic heterocycles. The van der Waals surface area contributed by atoms with E-state index in [0.717, 1.165) is 18.8 Å². The Morgan fingerprint density at radius 2 is 2.21 bits per heavy atom. The van der Waals surface area contributed by atoms with Crippen LogP contribution in [0.5, 0.6) is 0 Å². The molecule has 2 rings (SSSR count). The number of anilines is 1. The minimum absolute atomic E-state index is 0.183. The smallest absolute Gasteiger partial charge is 0.240 e. The zero-order chi connectivity index (χ0) is 10.2. The molecule has 6 heteroatoms. The number of hydrogen-bond donors (Lipinski definition) is 3. The van der Waals surface area contributed by atoms with E-state index in [1.165, 1.54) is 17.5 Å². The predicted molar refractivity (Wildman–Crippen MR) is 53.8 cm³/mol. The van der Waals surface area contributed by atoms with Gasteiger partial charge in [-0.2, -0.15) is 0 Å². The third kappa shape index (κ3) is 1.31. The third-order valence-corrected chi connectivity index (χ3v) is 2.83. The summed E-state index contributed by atoms with van der Waals surface area (Å²) in [5.41, 5.74) is 5.36. The Hall–Kier alpha value is -1.30. The molecule has 1 aliphatic heterocycles. The van der Waals surface area contributed by atoms with Gasteiger partial charge >= 0.3 is 0 Å². The Morgan fingerprint density at radius 1 is 1.43 bits per heavy atom. The molecule has 1 aliphatic rings. The van der Waals surface area contributed by atoms with Crippen molar-refractivity contribution in [3.63, 3.8) is 0 Å². The summed E-state index contributed by atoms with van der Waals surface area (Å²) in [4.78, 5) is 0. The number of nitrogens with one attached hydrogen (secondary N) is 1. The number of nitrogens with zero attached hydrogens (tertiary/aromatic N) is 3. The van der Waals surface area contributed by atoms with Crippen LogP contribution < -0.4 is 16.9 Å². The van der Waals surface area contributed by atoms with Crippen molar-refractivity contribution in [1.29, 1.82) is 0 Å². The maximum absolute atomic E-state index is 5.75. The molecule has 0 spiro atoms. The minimum atomic E-state index is -0.183. The van der Waals surface area contributed by atoms with Crippen LogP contribution in [0.25, 0.3) is 0 Å². The lowest BCUT2D eigenvalue weighted by Gasteiger charge is -2.33. The highest BCUT2D eigenvalue weighted by atomic mass is 15.5. The van der Waals surface area contributed by atoms with Gasteiger partial charge in [-0.3, -0.25) is 0 Å². The van der Waals surface area contributed by atoms with Crippen LogP contribution >= 0.6 is 0 Å². The highest BCUT2D eigenvalue weighted by Crippen LogP contribution is 2.28. The van der Waals surface area contributed by atoms with Crippen molar-refractivity contribution in [2.45, 2.75) is 31.7 Å². The monoisotopic (exact) mass is 196 g/mol. The zero-order valence-corrected chi connectivity index (χ0v) is 8.32. The van der Waals surface area contributed by atoms with Crippen LogP contribution in [-0.4, -0.2) is 21.4 Å². The van der Waals surface area contributed by atoms with Crippen LogP contribution in [0.1, 0.15) is 32.0 Å². The molecule has 0 bridgehead atoms. The van der Waals surface area contributed by atoms with Crippen molar-refractivity contribution in [1.82, 2.24) is 20.2 Å². The predicted octanol–water partition coefficient (Wildman–Crippen LogP) is -0.437. The van der Waals surface area contributed by atoms with Gasteiger partial charge in [-0.25, -0.2) is 4.68 Å². The van der Waals surface area contributed by atoms with Gasteiger partial charge in [0.05, 0.1) is 5.54 Å². The first-order valence-electron chi connectivity index (χ1n) is 4.85. The minimum Gasteiger partial charge on any atom is -0.366 e. The first kappa shape index (κ1) is 9.26. The van der Waals surface area contributed by atoms with E-state index in [1.807, 2.05) is 0 Å². The van der Waals surface area contributed by atoms with Crippen molar-refractivity contribution in [2.24, 2.45) is 0 Å².